The van der Waals surface area contributed by atoms with E-state index in [1.54, 1.807) is 54.3 Å². The number of nitrogens with zero attached hydrogens (tertiary/aromatic N) is 1. The molecule has 0 spiro atoms. The minimum atomic E-state index is -3.72. The average molecular weight is 630 g/mol. The van der Waals surface area contributed by atoms with E-state index >= 15 is 0 Å². The number of carbonyl (C=O) groups excluding carboxylic acids is 1. The van der Waals surface area contributed by atoms with Crippen molar-refractivity contribution in [3.8, 4) is 0 Å². The fourth-order valence-corrected chi connectivity index (χ4v) is 7.76. The number of sulfonamides is 1. The lowest BCUT2D eigenvalue weighted by Gasteiger charge is -2.52. The Morgan fingerprint density at radius 3 is 2.31 bits per heavy atom. The van der Waals surface area contributed by atoms with E-state index in [0.717, 1.165) is 24.0 Å². The molecule has 1 amide bonds. The van der Waals surface area contributed by atoms with Gasteiger partial charge in [0.1, 0.15) is 0 Å². The fourth-order valence-electron chi connectivity index (χ4n) is 6.28. The Labute approximate surface area is 256 Å². The number of amides is 1. The Morgan fingerprint density at radius 2 is 1.69 bits per heavy atom. The number of nitrogens with one attached hydrogen (secondary N) is 1. The molecule has 1 saturated carbocycles. The van der Waals surface area contributed by atoms with Gasteiger partial charge < -0.3 is 10.0 Å². The zero-order valence-corrected chi connectivity index (χ0v) is 25.6. The molecule has 1 aliphatic carbocycles. The van der Waals surface area contributed by atoms with Crippen LogP contribution in [-0.4, -0.2) is 42.9 Å². The third-order valence-electron chi connectivity index (χ3n) is 8.37. The Hall–Kier alpha value is -2.91. The normalized spacial score (nSPS) is 23.5. The minimum Gasteiger partial charge on any atom is -0.481 e. The predicted molar refractivity (Wildman–Crippen MR) is 164 cm³/mol. The second kappa shape index (κ2) is 12.4. The smallest absolute Gasteiger partial charge is 0.304 e. The van der Waals surface area contributed by atoms with Gasteiger partial charge in [0.15, 0.2) is 0 Å². The van der Waals surface area contributed by atoms with E-state index in [4.69, 9.17) is 23.2 Å². The van der Waals surface area contributed by atoms with Crippen molar-refractivity contribution in [2.24, 2.45) is 11.3 Å². The second-order valence-electron chi connectivity index (χ2n) is 11.7. The Bertz CT molecular complexity index is 1550. The van der Waals surface area contributed by atoms with Gasteiger partial charge in [-0.15, -0.1) is 0 Å². The molecule has 3 aromatic rings. The van der Waals surface area contributed by atoms with Crippen molar-refractivity contribution in [3.63, 3.8) is 0 Å². The first-order chi connectivity index (χ1) is 20.0. The van der Waals surface area contributed by atoms with E-state index in [-0.39, 0.29) is 36.5 Å². The van der Waals surface area contributed by atoms with Gasteiger partial charge in [0.05, 0.1) is 23.6 Å². The van der Waals surface area contributed by atoms with Crippen molar-refractivity contribution in [2.45, 2.75) is 56.4 Å². The van der Waals surface area contributed by atoms with Crippen molar-refractivity contribution < 1.29 is 23.1 Å². The number of benzene rings is 3. The summed E-state index contributed by atoms with van der Waals surface area (Å²) in [7, 11) is -3.72. The molecule has 1 saturated heterocycles. The molecule has 5 rings (SSSR count). The second-order valence-corrected chi connectivity index (χ2v) is 14.4. The van der Waals surface area contributed by atoms with E-state index in [1.807, 2.05) is 36.4 Å². The first-order valence-electron chi connectivity index (χ1n) is 14.0. The highest BCUT2D eigenvalue weighted by molar-refractivity contribution is 7.88. The number of aliphatic carboxylic acids is 1. The Morgan fingerprint density at radius 1 is 1.00 bits per heavy atom. The highest BCUT2D eigenvalue weighted by Crippen LogP contribution is 2.54. The van der Waals surface area contributed by atoms with Crippen LogP contribution in [0.3, 0.4) is 0 Å². The number of carbonyl (C=O) groups is 2. The van der Waals surface area contributed by atoms with Crippen LogP contribution in [0.4, 0.5) is 0 Å². The number of carboxylic acid groups (broad SMARTS) is 1. The molecule has 0 radical (unpaired) electrons. The van der Waals surface area contributed by atoms with Gasteiger partial charge in [0, 0.05) is 28.5 Å². The van der Waals surface area contributed by atoms with Crippen LogP contribution < -0.4 is 4.72 Å². The maximum absolute atomic E-state index is 14.5. The lowest BCUT2D eigenvalue weighted by Crippen LogP contribution is -2.59. The van der Waals surface area contributed by atoms with Crippen LogP contribution in [0, 0.1) is 11.3 Å². The van der Waals surface area contributed by atoms with E-state index in [0.29, 0.717) is 22.0 Å². The molecular formula is C32H34Cl2N2O5S. The molecule has 2 N–H and O–H groups in total. The molecule has 0 aromatic heterocycles. The molecule has 7 nitrogen and oxygen atoms in total. The SMILES string of the molecule is C[C@]1(CC(=O)O)C[C@H](c2cccc(Cl)c2)C(c2ccc(Cl)cc2)N([C@H](CNS(=O)(=O)Cc2ccccc2)C2CC2)C1=O. The molecular weight excluding hydrogens is 595 g/mol. The molecule has 1 unspecified atom stereocenters. The molecule has 2 fully saturated rings. The third kappa shape index (κ3) is 7.00. The van der Waals surface area contributed by atoms with Crippen LogP contribution in [0.5, 0.6) is 0 Å². The number of carboxylic acids is 1. The summed E-state index contributed by atoms with van der Waals surface area (Å²) in [5, 5.41) is 11.0. The topological polar surface area (TPSA) is 104 Å². The molecule has 3 aromatic carbocycles. The summed E-state index contributed by atoms with van der Waals surface area (Å²) in [6.45, 7) is 1.73. The molecule has 0 bridgehead atoms. The highest BCUT2D eigenvalue weighted by atomic mass is 35.5. The van der Waals surface area contributed by atoms with Crippen LogP contribution in [0.15, 0.2) is 78.9 Å². The van der Waals surface area contributed by atoms with Crippen LogP contribution in [-0.2, 0) is 25.4 Å². The van der Waals surface area contributed by atoms with Crippen LogP contribution >= 0.6 is 23.2 Å². The maximum Gasteiger partial charge on any atom is 0.304 e. The molecule has 222 valence electrons. The van der Waals surface area contributed by atoms with Gasteiger partial charge in [-0.2, -0.15) is 0 Å². The van der Waals surface area contributed by atoms with E-state index < -0.39 is 33.5 Å². The van der Waals surface area contributed by atoms with E-state index in [9.17, 15) is 23.1 Å². The maximum atomic E-state index is 14.5. The van der Waals surface area contributed by atoms with Gasteiger partial charge in [-0.1, -0.05) is 84.7 Å². The number of hydrogen-bond donors (Lipinski definition) is 2. The van der Waals surface area contributed by atoms with Crippen LogP contribution in [0.2, 0.25) is 10.0 Å². The summed E-state index contributed by atoms with van der Waals surface area (Å²) >= 11 is 12.7. The zero-order chi connectivity index (χ0) is 30.1. The number of hydrogen-bond acceptors (Lipinski definition) is 4. The van der Waals surface area contributed by atoms with Gasteiger partial charge in [-0.05, 0) is 66.1 Å². The largest absolute Gasteiger partial charge is 0.481 e. The average Bonchev–Trinajstić information content (AvgIpc) is 3.77. The molecule has 10 heteroatoms. The lowest BCUT2D eigenvalue weighted by atomic mass is 9.67. The summed E-state index contributed by atoms with van der Waals surface area (Å²) in [6, 6.07) is 22.7. The zero-order valence-electron chi connectivity index (χ0n) is 23.2. The quantitative estimate of drug-likeness (QED) is 0.255. The molecule has 1 heterocycles. The van der Waals surface area contributed by atoms with E-state index in [2.05, 4.69) is 4.72 Å². The number of halogens is 2. The minimum absolute atomic E-state index is 0.0288. The van der Waals surface area contributed by atoms with Crippen molar-refractivity contribution in [1.82, 2.24) is 9.62 Å². The van der Waals surface area contributed by atoms with Crippen molar-refractivity contribution >= 4 is 45.1 Å². The first-order valence-corrected chi connectivity index (χ1v) is 16.4. The van der Waals surface area contributed by atoms with Crippen molar-refractivity contribution in [1.29, 1.82) is 0 Å². The van der Waals surface area contributed by atoms with Crippen LogP contribution in [0.1, 0.15) is 61.3 Å². The Balaban J connectivity index is 1.58. The molecule has 4 atom stereocenters. The predicted octanol–water partition coefficient (Wildman–Crippen LogP) is 6.43. The van der Waals surface area contributed by atoms with Gasteiger partial charge in [0.25, 0.3) is 0 Å². The summed E-state index contributed by atoms with van der Waals surface area (Å²) in [5.74, 6) is -1.75. The number of piperidine rings is 1. The molecule has 2 aliphatic rings. The summed E-state index contributed by atoms with van der Waals surface area (Å²) in [5.41, 5.74) is 1.18. The first kappa shape index (κ1) is 30.5. The molecule has 1 aliphatic heterocycles. The third-order valence-corrected chi connectivity index (χ3v) is 10.2. The Kier molecular flexibility index (Phi) is 8.99. The summed E-state index contributed by atoms with van der Waals surface area (Å²) in [6.07, 6.45) is 1.64. The monoisotopic (exact) mass is 628 g/mol. The molecule has 42 heavy (non-hydrogen) atoms. The fraction of sp³-hybridized carbons (Fsp3) is 0.375. The van der Waals surface area contributed by atoms with Gasteiger partial charge in [-0.25, -0.2) is 13.1 Å². The van der Waals surface area contributed by atoms with Gasteiger partial charge >= 0.3 is 5.97 Å². The van der Waals surface area contributed by atoms with Gasteiger partial charge in [-0.3, -0.25) is 9.59 Å². The van der Waals surface area contributed by atoms with Crippen molar-refractivity contribution in [3.05, 3.63) is 106 Å². The summed E-state index contributed by atoms with van der Waals surface area (Å²) < 4.78 is 29.1. The number of likely N-dealkylation sites (tertiary alicyclic amines) is 1. The van der Waals surface area contributed by atoms with Gasteiger partial charge in [0.2, 0.25) is 15.9 Å². The lowest BCUT2D eigenvalue weighted by molar-refractivity contribution is -0.161. The highest BCUT2D eigenvalue weighted by Gasteiger charge is 2.54. The van der Waals surface area contributed by atoms with Crippen molar-refractivity contribution in [2.75, 3.05) is 6.54 Å². The summed E-state index contributed by atoms with van der Waals surface area (Å²) in [4.78, 5) is 28.3. The van der Waals surface area contributed by atoms with Crippen LogP contribution in [0.25, 0.3) is 0 Å². The van der Waals surface area contributed by atoms with E-state index in [1.165, 1.54) is 0 Å². The number of rotatable bonds is 11. The standard InChI is InChI=1S/C32H34Cl2N2O5S/c1-32(18-29(37)38)17-27(24-8-5-9-26(34)16-24)30(23-12-14-25(33)15-13-23)36(31(32)39)28(22-10-11-22)19-35-42(40,41)20-21-6-3-2-4-7-21/h2-9,12-16,22,27-28,30,35H,10-11,17-20H2,1H3,(H,37,38)/t27-,28-,30?,32-/m1/s1.